The number of nitrogens with zero attached hydrogens (tertiary/aromatic N) is 1. The number of rotatable bonds is 5. The molecule has 0 spiro atoms. The smallest absolute Gasteiger partial charge is 0.242 e. The van der Waals surface area contributed by atoms with Crippen LogP contribution >= 0.6 is 0 Å². The number of nitriles is 1. The third-order valence-corrected chi connectivity index (χ3v) is 5.06. The summed E-state index contributed by atoms with van der Waals surface area (Å²) in [6.45, 7) is 3.95. The molecule has 0 saturated carbocycles. The lowest BCUT2D eigenvalue weighted by molar-refractivity contribution is 0.411. The number of ether oxygens (including phenoxy) is 1. The van der Waals surface area contributed by atoms with Crippen molar-refractivity contribution in [2.45, 2.75) is 25.3 Å². The van der Waals surface area contributed by atoms with Gasteiger partial charge in [0.25, 0.3) is 0 Å². The highest BCUT2D eigenvalue weighted by Gasteiger charge is 2.18. The largest absolute Gasteiger partial charge is 0.496 e. The van der Waals surface area contributed by atoms with Gasteiger partial charge in [0.2, 0.25) is 10.0 Å². The molecule has 0 aliphatic carbocycles. The first-order chi connectivity index (χ1) is 10.9. The minimum absolute atomic E-state index is 0.00890. The van der Waals surface area contributed by atoms with Gasteiger partial charge in [-0.1, -0.05) is 18.2 Å². The van der Waals surface area contributed by atoms with E-state index < -0.39 is 10.0 Å². The van der Waals surface area contributed by atoms with Crippen molar-refractivity contribution in [2.24, 2.45) is 0 Å². The van der Waals surface area contributed by atoms with E-state index in [0.717, 1.165) is 22.4 Å². The van der Waals surface area contributed by atoms with Gasteiger partial charge in [0.1, 0.15) is 11.8 Å². The molecule has 0 atom stereocenters. The maximum atomic E-state index is 12.4. The number of benzene rings is 2. The van der Waals surface area contributed by atoms with Gasteiger partial charge >= 0.3 is 0 Å². The summed E-state index contributed by atoms with van der Waals surface area (Å²) in [5, 5.41) is 9.05. The molecule has 6 heteroatoms. The average molecular weight is 330 g/mol. The maximum absolute atomic E-state index is 12.4. The Morgan fingerprint density at radius 2 is 1.87 bits per heavy atom. The topological polar surface area (TPSA) is 79.2 Å². The van der Waals surface area contributed by atoms with Gasteiger partial charge in [-0.3, -0.25) is 0 Å². The Kier molecular flexibility index (Phi) is 5.04. The first kappa shape index (κ1) is 17.0. The Balaban J connectivity index is 2.27. The van der Waals surface area contributed by atoms with Crippen molar-refractivity contribution in [3.05, 3.63) is 58.7 Å². The Hall–Kier alpha value is -2.36. The molecule has 0 saturated heterocycles. The van der Waals surface area contributed by atoms with Crippen molar-refractivity contribution in [2.75, 3.05) is 7.11 Å². The fourth-order valence-electron chi connectivity index (χ4n) is 2.30. The number of sulfonamides is 1. The zero-order chi connectivity index (χ0) is 17.0. The second kappa shape index (κ2) is 6.82. The Morgan fingerprint density at radius 1 is 1.17 bits per heavy atom. The van der Waals surface area contributed by atoms with E-state index in [1.807, 2.05) is 32.0 Å². The van der Waals surface area contributed by atoms with E-state index in [2.05, 4.69) is 4.72 Å². The van der Waals surface area contributed by atoms with E-state index in [-0.39, 0.29) is 17.0 Å². The third-order valence-electron chi connectivity index (χ3n) is 3.60. The maximum Gasteiger partial charge on any atom is 0.242 e. The molecule has 2 aromatic rings. The standard InChI is InChI=1S/C17H18N2O3S/c1-12-9-16(22-3)13(2)8-15(12)11-19-23(20,21)17-7-5-4-6-14(17)10-18/h4-9,19H,11H2,1-3H3. The van der Waals surface area contributed by atoms with Gasteiger partial charge in [0.15, 0.2) is 0 Å². The first-order valence-electron chi connectivity index (χ1n) is 7.02. The molecule has 2 rings (SSSR count). The monoisotopic (exact) mass is 330 g/mol. The van der Waals surface area contributed by atoms with E-state index in [0.29, 0.717) is 0 Å². The Bertz CT molecular complexity index is 868. The van der Waals surface area contributed by atoms with Crippen molar-refractivity contribution in [1.29, 1.82) is 5.26 Å². The van der Waals surface area contributed by atoms with Crippen LogP contribution in [-0.4, -0.2) is 15.5 Å². The summed E-state index contributed by atoms with van der Waals surface area (Å²) in [6.07, 6.45) is 0. The summed E-state index contributed by atoms with van der Waals surface area (Å²) in [7, 11) is -2.15. The number of methoxy groups -OCH3 is 1. The van der Waals surface area contributed by atoms with Crippen LogP contribution in [0.4, 0.5) is 0 Å². The minimum atomic E-state index is -3.75. The molecule has 0 fully saturated rings. The second-order valence-electron chi connectivity index (χ2n) is 5.18. The van der Waals surface area contributed by atoms with Gasteiger partial charge in [0, 0.05) is 6.54 Å². The van der Waals surface area contributed by atoms with Crippen molar-refractivity contribution in [3.8, 4) is 11.8 Å². The molecule has 0 aliphatic rings. The molecule has 2 aromatic carbocycles. The number of nitrogens with one attached hydrogen (secondary N) is 1. The van der Waals surface area contributed by atoms with Crippen LogP contribution in [0.15, 0.2) is 41.3 Å². The molecule has 1 N–H and O–H groups in total. The molecule has 0 aromatic heterocycles. The Morgan fingerprint density at radius 3 is 2.52 bits per heavy atom. The van der Waals surface area contributed by atoms with Crippen LogP contribution in [0.5, 0.6) is 5.75 Å². The van der Waals surface area contributed by atoms with Crippen molar-refractivity contribution in [3.63, 3.8) is 0 Å². The zero-order valence-electron chi connectivity index (χ0n) is 13.3. The lowest BCUT2D eigenvalue weighted by Gasteiger charge is -2.13. The van der Waals surface area contributed by atoms with Gasteiger partial charge in [0.05, 0.1) is 17.6 Å². The van der Waals surface area contributed by atoms with E-state index in [1.54, 1.807) is 19.2 Å². The van der Waals surface area contributed by atoms with Crippen LogP contribution in [-0.2, 0) is 16.6 Å². The van der Waals surface area contributed by atoms with Gasteiger partial charge in [-0.05, 0) is 48.7 Å². The number of hydrogen-bond acceptors (Lipinski definition) is 4. The predicted molar refractivity (Wildman–Crippen MR) is 87.7 cm³/mol. The average Bonchev–Trinajstić information content (AvgIpc) is 2.55. The first-order valence-corrected chi connectivity index (χ1v) is 8.50. The molecule has 23 heavy (non-hydrogen) atoms. The van der Waals surface area contributed by atoms with Gasteiger partial charge in [-0.2, -0.15) is 5.26 Å². The fraction of sp³-hybridized carbons (Fsp3) is 0.235. The molecular weight excluding hydrogens is 312 g/mol. The Labute approximate surface area is 136 Å². The summed E-state index contributed by atoms with van der Waals surface area (Å²) in [6, 6.07) is 11.8. The van der Waals surface area contributed by atoms with E-state index in [9.17, 15) is 8.42 Å². The van der Waals surface area contributed by atoms with E-state index in [1.165, 1.54) is 12.1 Å². The molecule has 120 valence electrons. The third kappa shape index (κ3) is 3.70. The van der Waals surface area contributed by atoms with Crippen LogP contribution in [0, 0.1) is 25.2 Å². The molecule has 5 nitrogen and oxygen atoms in total. The van der Waals surface area contributed by atoms with Crippen LogP contribution < -0.4 is 9.46 Å². The highest BCUT2D eigenvalue weighted by Crippen LogP contribution is 2.23. The lowest BCUT2D eigenvalue weighted by atomic mass is 10.0. The zero-order valence-corrected chi connectivity index (χ0v) is 14.1. The van der Waals surface area contributed by atoms with Crippen LogP contribution in [0.3, 0.4) is 0 Å². The molecule has 0 unspecified atom stereocenters. The van der Waals surface area contributed by atoms with Crippen LogP contribution in [0.25, 0.3) is 0 Å². The van der Waals surface area contributed by atoms with Crippen LogP contribution in [0.1, 0.15) is 22.3 Å². The van der Waals surface area contributed by atoms with Crippen molar-refractivity contribution < 1.29 is 13.2 Å². The number of hydrogen-bond donors (Lipinski definition) is 1. The summed E-state index contributed by atoms with van der Waals surface area (Å²) < 4.78 is 32.6. The minimum Gasteiger partial charge on any atom is -0.496 e. The van der Waals surface area contributed by atoms with E-state index >= 15 is 0 Å². The van der Waals surface area contributed by atoms with E-state index in [4.69, 9.17) is 10.00 Å². The highest BCUT2D eigenvalue weighted by molar-refractivity contribution is 7.89. The summed E-state index contributed by atoms with van der Waals surface area (Å²) in [4.78, 5) is -0.00890. The van der Waals surface area contributed by atoms with Gasteiger partial charge in [-0.15, -0.1) is 0 Å². The highest BCUT2D eigenvalue weighted by atomic mass is 32.2. The number of aryl methyl sites for hydroxylation is 2. The lowest BCUT2D eigenvalue weighted by Crippen LogP contribution is -2.24. The summed E-state index contributed by atoms with van der Waals surface area (Å²) in [5.74, 6) is 0.768. The quantitative estimate of drug-likeness (QED) is 0.914. The summed E-state index contributed by atoms with van der Waals surface area (Å²) >= 11 is 0. The second-order valence-corrected chi connectivity index (χ2v) is 6.92. The molecule has 0 bridgehead atoms. The normalized spacial score (nSPS) is 11.0. The molecular formula is C17H18N2O3S. The molecule has 0 heterocycles. The van der Waals surface area contributed by atoms with Gasteiger partial charge in [-0.25, -0.2) is 13.1 Å². The fourth-order valence-corrected chi connectivity index (χ4v) is 3.47. The molecule has 0 amide bonds. The predicted octanol–water partition coefficient (Wildman–Crippen LogP) is 2.66. The summed E-state index contributed by atoms with van der Waals surface area (Å²) in [5.41, 5.74) is 2.86. The van der Waals surface area contributed by atoms with Crippen molar-refractivity contribution >= 4 is 10.0 Å². The SMILES string of the molecule is COc1cc(C)c(CNS(=O)(=O)c2ccccc2C#N)cc1C. The van der Waals surface area contributed by atoms with Crippen molar-refractivity contribution in [1.82, 2.24) is 4.72 Å². The molecule has 0 radical (unpaired) electrons. The van der Waals surface area contributed by atoms with Gasteiger partial charge < -0.3 is 4.74 Å². The van der Waals surface area contributed by atoms with Crippen LogP contribution in [0.2, 0.25) is 0 Å². The molecule has 0 aliphatic heterocycles.